The second-order valence-electron chi connectivity index (χ2n) is 6.94. The summed E-state index contributed by atoms with van der Waals surface area (Å²) in [6.45, 7) is 0.333. The number of sulfonamides is 1. The first-order valence-corrected chi connectivity index (χ1v) is 10.7. The molecule has 2 amide bonds. The minimum absolute atomic E-state index is 0.121. The number of nitrogens with zero attached hydrogens (tertiary/aromatic N) is 1. The monoisotopic (exact) mass is 437 g/mol. The van der Waals surface area contributed by atoms with Crippen molar-refractivity contribution in [1.29, 1.82) is 0 Å². The van der Waals surface area contributed by atoms with E-state index in [0.717, 1.165) is 43.5 Å². The topological polar surface area (TPSA) is 97.0 Å². The van der Waals surface area contributed by atoms with Gasteiger partial charge in [-0.3, -0.25) is 4.84 Å². The zero-order valence-corrected chi connectivity index (χ0v) is 16.3. The summed E-state index contributed by atoms with van der Waals surface area (Å²) in [5.41, 5.74) is 2.34. The summed E-state index contributed by atoms with van der Waals surface area (Å²) in [5, 5.41) is 2.77. The molecule has 1 saturated heterocycles. The van der Waals surface area contributed by atoms with Crippen molar-refractivity contribution in [2.75, 3.05) is 13.1 Å². The van der Waals surface area contributed by atoms with Gasteiger partial charge in [0.25, 0.3) is 0 Å². The largest absolute Gasteiger partial charge is 0.573 e. The highest BCUT2D eigenvalue weighted by atomic mass is 32.2. The summed E-state index contributed by atoms with van der Waals surface area (Å²) in [5.74, 6) is -0.491. The standard InChI is InChI=1S/C17H22F3N3O5S/c18-17(19,20)27-13-4-6-15(7-5-13)29(25,26)23-10-8-14(9-11-23)28-22-16(24)21-12-2-1-3-12/h4-7,12,14H,1-3,8-11H2,(H2,21,22,24). The van der Waals surface area contributed by atoms with Crippen LogP contribution in [0.2, 0.25) is 0 Å². The third-order valence-electron chi connectivity index (χ3n) is 4.85. The second kappa shape index (κ2) is 8.76. The molecule has 8 nitrogen and oxygen atoms in total. The Bertz CT molecular complexity index is 805. The minimum Gasteiger partial charge on any atom is -0.406 e. The van der Waals surface area contributed by atoms with Crippen LogP contribution in [0.4, 0.5) is 18.0 Å². The predicted octanol–water partition coefficient (Wildman–Crippen LogP) is 2.52. The molecule has 2 fully saturated rings. The molecule has 1 saturated carbocycles. The average molecular weight is 437 g/mol. The fourth-order valence-corrected chi connectivity index (χ4v) is 4.53. The van der Waals surface area contributed by atoms with E-state index in [9.17, 15) is 26.4 Å². The van der Waals surface area contributed by atoms with Crippen molar-refractivity contribution in [3.05, 3.63) is 24.3 Å². The van der Waals surface area contributed by atoms with Crippen LogP contribution < -0.4 is 15.5 Å². The summed E-state index contributed by atoms with van der Waals surface area (Å²) in [6.07, 6.45) is -1.42. The maximum atomic E-state index is 12.7. The number of halogens is 3. The highest BCUT2D eigenvalue weighted by molar-refractivity contribution is 7.89. The molecular weight excluding hydrogens is 415 g/mol. The molecule has 0 bridgehead atoms. The van der Waals surface area contributed by atoms with Crippen LogP contribution in [0.5, 0.6) is 5.75 Å². The average Bonchev–Trinajstić information content (AvgIpc) is 2.62. The van der Waals surface area contributed by atoms with Crippen molar-refractivity contribution in [3.63, 3.8) is 0 Å². The first-order valence-electron chi connectivity index (χ1n) is 9.21. The Labute approximate surface area is 166 Å². The lowest BCUT2D eigenvalue weighted by molar-refractivity contribution is -0.274. The lowest BCUT2D eigenvalue weighted by Crippen LogP contribution is -2.47. The summed E-state index contributed by atoms with van der Waals surface area (Å²) in [4.78, 5) is 16.9. The fraction of sp³-hybridized carbons (Fsp3) is 0.588. The number of amides is 2. The van der Waals surface area contributed by atoms with E-state index in [2.05, 4.69) is 15.5 Å². The number of urea groups is 1. The van der Waals surface area contributed by atoms with E-state index in [1.807, 2.05) is 0 Å². The second-order valence-corrected chi connectivity index (χ2v) is 8.88. The summed E-state index contributed by atoms with van der Waals surface area (Å²) >= 11 is 0. The van der Waals surface area contributed by atoms with Crippen LogP contribution in [-0.4, -0.2) is 50.4 Å². The van der Waals surface area contributed by atoms with Crippen molar-refractivity contribution in [2.45, 2.75) is 55.5 Å². The Morgan fingerprint density at radius 2 is 1.69 bits per heavy atom. The van der Waals surface area contributed by atoms with Gasteiger partial charge in [0.2, 0.25) is 10.0 Å². The molecule has 0 spiro atoms. The van der Waals surface area contributed by atoms with Gasteiger partial charge >= 0.3 is 12.4 Å². The number of hydroxylamine groups is 1. The molecule has 3 rings (SSSR count). The Hall–Kier alpha value is -2.05. The van der Waals surface area contributed by atoms with Crippen LogP contribution in [0.1, 0.15) is 32.1 Å². The molecule has 0 atom stereocenters. The molecule has 0 unspecified atom stereocenters. The van der Waals surface area contributed by atoms with E-state index in [1.165, 1.54) is 4.31 Å². The van der Waals surface area contributed by atoms with Crippen molar-refractivity contribution < 1.29 is 36.0 Å². The maximum absolute atomic E-state index is 12.7. The molecule has 1 aromatic carbocycles. The highest BCUT2D eigenvalue weighted by Gasteiger charge is 2.33. The normalized spacial score (nSPS) is 19.4. The molecule has 29 heavy (non-hydrogen) atoms. The fourth-order valence-electron chi connectivity index (χ4n) is 3.06. The van der Waals surface area contributed by atoms with E-state index in [-0.39, 0.29) is 30.1 Å². The molecule has 0 aromatic heterocycles. The quantitative estimate of drug-likeness (QED) is 0.667. The zero-order chi connectivity index (χ0) is 21.1. The smallest absolute Gasteiger partial charge is 0.406 e. The SMILES string of the molecule is O=C(NOC1CCN(S(=O)(=O)c2ccc(OC(F)(F)F)cc2)CC1)NC1CCC1. The molecule has 2 N–H and O–H groups in total. The van der Waals surface area contributed by atoms with E-state index in [4.69, 9.17) is 4.84 Å². The number of hydrogen-bond acceptors (Lipinski definition) is 5. The van der Waals surface area contributed by atoms with Crippen molar-refractivity contribution in [2.24, 2.45) is 0 Å². The van der Waals surface area contributed by atoms with E-state index < -0.39 is 28.2 Å². The number of alkyl halides is 3. The zero-order valence-electron chi connectivity index (χ0n) is 15.4. The Balaban J connectivity index is 1.48. The first-order chi connectivity index (χ1) is 13.6. The molecule has 1 aliphatic heterocycles. The molecule has 1 aromatic rings. The van der Waals surface area contributed by atoms with Gasteiger partial charge in [-0.1, -0.05) is 0 Å². The van der Waals surface area contributed by atoms with Gasteiger partial charge in [0.1, 0.15) is 5.75 Å². The van der Waals surface area contributed by atoms with Gasteiger partial charge in [-0.15, -0.1) is 13.2 Å². The minimum atomic E-state index is -4.84. The number of ether oxygens (including phenoxy) is 1. The van der Waals surface area contributed by atoms with Gasteiger partial charge < -0.3 is 10.1 Å². The Morgan fingerprint density at radius 1 is 1.07 bits per heavy atom. The molecular formula is C17H22F3N3O5S. The number of piperidine rings is 1. The predicted molar refractivity (Wildman–Crippen MR) is 95.3 cm³/mol. The summed E-state index contributed by atoms with van der Waals surface area (Å²) < 4.78 is 66.9. The van der Waals surface area contributed by atoms with Crippen LogP contribution in [0.25, 0.3) is 0 Å². The van der Waals surface area contributed by atoms with Crippen LogP contribution in [-0.2, 0) is 14.9 Å². The summed E-state index contributed by atoms with van der Waals surface area (Å²) in [6, 6.07) is 3.84. The van der Waals surface area contributed by atoms with E-state index in [1.54, 1.807) is 0 Å². The molecule has 1 heterocycles. The molecule has 162 valence electrons. The number of benzene rings is 1. The van der Waals surface area contributed by atoms with E-state index in [0.29, 0.717) is 12.8 Å². The van der Waals surface area contributed by atoms with E-state index >= 15 is 0 Å². The maximum Gasteiger partial charge on any atom is 0.573 e. The van der Waals surface area contributed by atoms with Crippen molar-refractivity contribution >= 4 is 16.1 Å². The van der Waals surface area contributed by atoms with Gasteiger partial charge in [0.05, 0.1) is 11.0 Å². The molecule has 1 aliphatic carbocycles. The Morgan fingerprint density at radius 3 is 2.21 bits per heavy atom. The molecule has 2 aliphatic rings. The van der Waals surface area contributed by atoms with Gasteiger partial charge in [0, 0.05) is 19.1 Å². The van der Waals surface area contributed by atoms with Crippen LogP contribution in [0.3, 0.4) is 0 Å². The lowest BCUT2D eigenvalue weighted by atomic mass is 9.93. The number of nitrogens with one attached hydrogen (secondary N) is 2. The van der Waals surface area contributed by atoms with Crippen LogP contribution in [0, 0.1) is 0 Å². The van der Waals surface area contributed by atoms with Gasteiger partial charge in [-0.05, 0) is 56.4 Å². The molecule has 12 heteroatoms. The molecule has 0 radical (unpaired) electrons. The third kappa shape index (κ3) is 5.97. The van der Waals surface area contributed by atoms with Crippen LogP contribution >= 0.6 is 0 Å². The third-order valence-corrected chi connectivity index (χ3v) is 6.77. The van der Waals surface area contributed by atoms with Gasteiger partial charge in [0.15, 0.2) is 0 Å². The van der Waals surface area contributed by atoms with Crippen LogP contribution in [0.15, 0.2) is 29.2 Å². The van der Waals surface area contributed by atoms with Gasteiger partial charge in [-0.25, -0.2) is 18.7 Å². The number of carbonyl (C=O) groups excluding carboxylic acids is 1. The first kappa shape index (κ1) is 21.7. The number of carbonyl (C=O) groups is 1. The van der Waals surface area contributed by atoms with Crippen molar-refractivity contribution in [3.8, 4) is 5.75 Å². The summed E-state index contributed by atoms with van der Waals surface area (Å²) in [7, 11) is -3.85. The lowest BCUT2D eigenvalue weighted by Gasteiger charge is -2.31. The highest BCUT2D eigenvalue weighted by Crippen LogP contribution is 2.26. The number of rotatable bonds is 6. The Kier molecular flexibility index (Phi) is 6.54. The van der Waals surface area contributed by atoms with Gasteiger partial charge in [-0.2, -0.15) is 4.31 Å². The van der Waals surface area contributed by atoms with Crippen molar-refractivity contribution in [1.82, 2.24) is 15.1 Å². The number of hydrogen-bond donors (Lipinski definition) is 2.